The lowest BCUT2D eigenvalue weighted by Gasteiger charge is -2.21. The van der Waals surface area contributed by atoms with Gasteiger partial charge in [-0.1, -0.05) is 30.7 Å². The Bertz CT molecular complexity index is 630. The van der Waals surface area contributed by atoms with Gasteiger partial charge >= 0.3 is 0 Å². The Morgan fingerprint density at radius 1 is 1.24 bits per heavy atom. The second-order valence-corrected chi connectivity index (χ2v) is 6.35. The van der Waals surface area contributed by atoms with Crippen molar-refractivity contribution in [2.75, 3.05) is 6.54 Å². The summed E-state index contributed by atoms with van der Waals surface area (Å²) in [5.41, 5.74) is 3.46. The van der Waals surface area contributed by atoms with Crippen LogP contribution in [0.5, 0.6) is 0 Å². The lowest BCUT2D eigenvalue weighted by Crippen LogP contribution is -2.23. The van der Waals surface area contributed by atoms with E-state index in [2.05, 4.69) is 35.1 Å². The minimum atomic E-state index is -0.238. The molecule has 2 rings (SSSR count). The zero-order valence-corrected chi connectivity index (χ0v) is 14.4. The molecule has 2 aromatic rings. The van der Waals surface area contributed by atoms with Crippen molar-refractivity contribution in [1.82, 2.24) is 5.32 Å². The van der Waals surface area contributed by atoms with Crippen LogP contribution in [0.4, 0.5) is 4.39 Å². The maximum Gasteiger partial charge on any atom is 0.137 e. The molecule has 21 heavy (non-hydrogen) atoms. The van der Waals surface area contributed by atoms with Crippen LogP contribution in [0, 0.1) is 12.7 Å². The molecule has 112 valence electrons. The largest absolute Gasteiger partial charge is 0.310 e. The standard InChI is InChI=1S/C17H18BrClFN/c1-3-21-17(14-10-13(19)6-4-11(14)2)9-12-5-7-16(20)15(18)8-12/h4-8,10,17,21H,3,9H2,1-2H3. The lowest BCUT2D eigenvalue weighted by atomic mass is 9.95. The molecule has 0 spiro atoms. The number of nitrogens with one attached hydrogen (secondary N) is 1. The number of halogens is 3. The first-order valence-electron chi connectivity index (χ1n) is 6.94. The Morgan fingerprint density at radius 2 is 2.00 bits per heavy atom. The fourth-order valence-electron chi connectivity index (χ4n) is 2.43. The normalized spacial score (nSPS) is 12.4. The van der Waals surface area contributed by atoms with Crippen molar-refractivity contribution in [2.24, 2.45) is 0 Å². The number of hydrogen-bond donors (Lipinski definition) is 1. The van der Waals surface area contributed by atoms with Crippen LogP contribution in [0.3, 0.4) is 0 Å². The van der Waals surface area contributed by atoms with Crippen molar-refractivity contribution < 1.29 is 4.39 Å². The average molecular weight is 371 g/mol. The first-order valence-corrected chi connectivity index (χ1v) is 8.11. The van der Waals surface area contributed by atoms with Gasteiger partial charge in [-0.05, 0) is 76.8 Å². The maximum absolute atomic E-state index is 13.3. The highest BCUT2D eigenvalue weighted by atomic mass is 79.9. The molecule has 0 aromatic heterocycles. The summed E-state index contributed by atoms with van der Waals surface area (Å²) in [6, 6.07) is 11.2. The lowest BCUT2D eigenvalue weighted by molar-refractivity contribution is 0.546. The van der Waals surface area contributed by atoms with Gasteiger partial charge < -0.3 is 5.32 Å². The van der Waals surface area contributed by atoms with Gasteiger partial charge in [-0.3, -0.25) is 0 Å². The van der Waals surface area contributed by atoms with Crippen LogP contribution in [0.2, 0.25) is 5.02 Å². The number of benzene rings is 2. The molecule has 1 nitrogen and oxygen atoms in total. The van der Waals surface area contributed by atoms with Crippen molar-refractivity contribution in [1.29, 1.82) is 0 Å². The van der Waals surface area contributed by atoms with E-state index >= 15 is 0 Å². The van der Waals surface area contributed by atoms with E-state index in [1.54, 1.807) is 0 Å². The van der Waals surface area contributed by atoms with Gasteiger partial charge in [0, 0.05) is 11.1 Å². The van der Waals surface area contributed by atoms with Crippen molar-refractivity contribution >= 4 is 27.5 Å². The van der Waals surface area contributed by atoms with Gasteiger partial charge in [0.25, 0.3) is 0 Å². The van der Waals surface area contributed by atoms with Gasteiger partial charge in [-0.25, -0.2) is 4.39 Å². The summed E-state index contributed by atoms with van der Waals surface area (Å²) in [6.45, 7) is 5.02. The molecular formula is C17H18BrClFN. The van der Waals surface area contributed by atoms with Crippen LogP contribution >= 0.6 is 27.5 Å². The van der Waals surface area contributed by atoms with Crippen molar-refractivity contribution in [3.05, 3.63) is 68.4 Å². The first kappa shape index (κ1) is 16.5. The van der Waals surface area contributed by atoms with Crippen LogP contribution in [0.15, 0.2) is 40.9 Å². The van der Waals surface area contributed by atoms with E-state index in [-0.39, 0.29) is 11.9 Å². The summed E-state index contributed by atoms with van der Waals surface area (Å²) in [6.07, 6.45) is 0.786. The highest BCUT2D eigenvalue weighted by Crippen LogP contribution is 2.26. The van der Waals surface area contributed by atoms with E-state index < -0.39 is 0 Å². The fraction of sp³-hybridized carbons (Fsp3) is 0.294. The quantitative estimate of drug-likeness (QED) is 0.738. The van der Waals surface area contributed by atoms with E-state index in [1.807, 2.05) is 30.3 Å². The third-order valence-electron chi connectivity index (χ3n) is 3.49. The average Bonchev–Trinajstić information content (AvgIpc) is 2.45. The third-order valence-corrected chi connectivity index (χ3v) is 4.33. The summed E-state index contributed by atoms with van der Waals surface area (Å²) in [7, 11) is 0. The molecule has 4 heteroatoms. The van der Waals surface area contributed by atoms with Crippen LogP contribution in [0.1, 0.15) is 29.7 Å². The second kappa shape index (κ2) is 7.39. The molecule has 0 heterocycles. The highest BCUT2D eigenvalue weighted by molar-refractivity contribution is 9.10. The highest BCUT2D eigenvalue weighted by Gasteiger charge is 2.15. The third kappa shape index (κ3) is 4.29. The molecule has 0 bridgehead atoms. The Kier molecular flexibility index (Phi) is 5.80. The Balaban J connectivity index is 2.30. The van der Waals surface area contributed by atoms with E-state index in [0.29, 0.717) is 4.47 Å². The molecule has 0 aliphatic rings. The molecule has 0 aliphatic heterocycles. The van der Waals surface area contributed by atoms with E-state index in [1.165, 1.54) is 17.2 Å². The SMILES string of the molecule is CCNC(Cc1ccc(F)c(Br)c1)c1cc(Cl)ccc1C. The van der Waals surface area contributed by atoms with Gasteiger partial charge in [0.1, 0.15) is 5.82 Å². The van der Waals surface area contributed by atoms with E-state index in [0.717, 1.165) is 23.6 Å². The molecule has 0 radical (unpaired) electrons. The number of hydrogen-bond acceptors (Lipinski definition) is 1. The van der Waals surface area contributed by atoms with Crippen LogP contribution in [-0.4, -0.2) is 6.54 Å². The Hall–Kier alpha value is -0.900. The number of likely N-dealkylation sites (N-methyl/N-ethyl adjacent to an activating group) is 1. The number of aryl methyl sites for hydroxylation is 1. The molecule has 1 unspecified atom stereocenters. The summed E-state index contributed by atoms with van der Waals surface area (Å²) in [5, 5.41) is 4.22. The van der Waals surface area contributed by atoms with Crippen LogP contribution < -0.4 is 5.32 Å². The van der Waals surface area contributed by atoms with Crippen LogP contribution in [-0.2, 0) is 6.42 Å². The van der Waals surface area contributed by atoms with E-state index in [9.17, 15) is 4.39 Å². The summed E-state index contributed by atoms with van der Waals surface area (Å²) in [5.74, 6) is -0.238. The molecule has 0 aliphatic carbocycles. The van der Waals surface area contributed by atoms with Crippen molar-refractivity contribution in [2.45, 2.75) is 26.3 Å². The predicted octanol–water partition coefficient (Wildman–Crippen LogP) is 5.44. The second-order valence-electron chi connectivity index (χ2n) is 5.06. The van der Waals surface area contributed by atoms with Gasteiger partial charge in [0.2, 0.25) is 0 Å². The van der Waals surface area contributed by atoms with Gasteiger partial charge in [-0.15, -0.1) is 0 Å². The molecular weight excluding hydrogens is 353 g/mol. The fourth-order valence-corrected chi connectivity index (χ4v) is 3.03. The summed E-state index contributed by atoms with van der Waals surface area (Å²) < 4.78 is 13.8. The molecule has 1 N–H and O–H groups in total. The van der Waals surface area contributed by atoms with Crippen molar-refractivity contribution in [3.63, 3.8) is 0 Å². The van der Waals surface area contributed by atoms with Crippen molar-refractivity contribution in [3.8, 4) is 0 Å². The molecule has 0 saturated heterocycles. The molecule has 1 atom stereocenters. The molecule has 0 amide bonds. The molecule has 2 aromatic carbocycles. The summed E-state index contributed by atoms with van der Waals surface area (Å²) in [4.78, 5) is 0. The minimum Gasteiger partial charge on any atom is -0.310 e. The number of rotatable bonds is 5. The van der Waals surface area contributed by atoms with Gasteiger partial charge in [0.15, 0.2) is 0 Å². The Morgan fingerprint density at radius 3 is 2.67 bits per heavy atom. The molecule has 0 fully saturated rings. The zero-order valence-electron chi connectivity index (χ0n) is 12.1. The zero-order chi connectivity index (χ0) is 15.4. The topological polar surface area (TPSA) is 12.0 Å². The summed E-state index contributed by atoms with van der Waals surface area (Å²) >= 11 is 9.37. The van der Waals surface area contributed by atoms with Gasteiger partial charge in [-0.2, -0.15) is 0 Å². The van der Waals surface area contributed by atoms with E-state index in [4.69, 9.17) is 11.6 Å². The van der Waals surface area contributed by atoms with Crippen LogP contribution in [0.25, 0.3) is 0 Å². The Labute approximate surface area is 138 Å². The first-order chi connectivity index (χ1) is 10.0. The van der Waals surface area contributed by atoms with Gasteiger partial charge in [0.05, 0.1) is 4.47 Å². The predicted molar refractivity (Wildman–Crippen MR) is 90.4 cm³/mol. The molecule has 0 saturated carbocycles. The minimum absolute atomic E-state index is 0.158. The smallest absolute Gasteiger partial charge is 0.137 e. The maximum atomic E-state index is 13.3. The monoisotopic (exact) mass is 369 g/mol.